The Bertz CT molecular complexity index is 673. The molecule has 0 aliphatic heterocycles. The monoisotopic (exact) mass is 306 g/mol. The van der Waals surface area contributed by atoms with E-state index < -0.39 is 0 Å². The van der Waals surface area contributed by atoms with E-state index in [1.165, 1.54) is 0 Å². The molecular weight excluding hydrogens is 300 g/mol. The lowest BCUT2D eigenvalue weighted by atomic mass is 10.1. The third-order valence-corrected chi connectivity index (χ3v) is 3.46. The largest absolute Gasteiger partial charge is 0.306 e. The van der Waals surface area contributed by atoms with Gasteiger partial charge >= 0.3 is 0 Å². The SMILES string of the molecule is Clc1ccc(-c2cc(Br)c3nccn3c2)cc1. The molecule has 2 nitrogen and oxygen atoms in total. The van der Waals surface area contributed by atoms with Crippen LogP contribution in [-0.2, 0) is 0 Å². The molecule has 0 aliphatic carbocycles. The Morgan fingerprint density at radius 2 is 1.88 bits per heavy atom. The Labute approximate surface area is 112 Å². The second-order valence-electron chi connectivity index (χ2n) is 3.74. The van der Waals surface area contributed by atoms with Crippen molar-refractivity contribution in [2.75, 3.05) is 0 Å². The molecule has 4 heteroatoms. The van der Waals surface area contributed by atoms with Crippen LogP contribution in [-0.4, -0.2) is 9.38 Å². The van der Waals surface area contributed by atoms with Gasteiger partial charge in [-0.1, -0.05) is 23.7 Å². The lowest BCUT2D eigenvalue weighted by Crippen LogP contribution is -1.87. The molecule has 0 N–H and O–H groups in total. The van der Waals surface area contributed by atoms with E-state index >= 15 is 0 Å². The minimum Gasteiger partial charge on any atom is -0.306 e. The van der Waals surface area contributed by atoms with Crippen molar-refractivity contribution in [1.29, 1.82) is 0 Å². The minimum atomic E-state index is 0.747. The molecule has 2 aromatic heterocycles. The fourth-order valence-corrected chi connectivity index (χ4v) is 2.47. The number of halogens is 2. The molecule has 0 saturated heterocycles. The summed E-state index contributed by atoms with van der Waals surface area (Å²) < 4.78 is 2.98. The van der Waals surface area contributed by atoms with Gasteiger partial charge in [0.05, 0.1) is 4.47 Å². The molecule has 0 unspecified atom stereocenters. The van der Waals surface area contributed by atoms with Crippen molar-refractivity contribution in [3.05, 3.63) is 58.4 Å². The zero-order valence-electron chi connectivity index (χ0n) is 8.77. The Kier molecular flexibility index (Phi) is 2.65. The molecule has 0 radical (unpaired) electrons. The van der Waals surface area contributed by atoms with Crippen LogP contribution in [0.15, 0.2) is 53.4 Å². The fourth-order valence-electron chi connectivity index (χ4n) is 1.79. The molecule has 0 fully saturated rings. The smallest absolute Gasteiger partial charge is 0.151 e. The summed E-state index contributed by atoms with van der Waals surface area (Å²) in [6.45, 7) is 0. The van der Waals surface area contributed by atoms with Crippen LogP contribution in [0.2, 0.25) is 5.02 Å². The summed E-state index contributed by atoms with van der Waals surface area (Å²) in [6.07, 6.45) is 5.77. The molecule has 0 bridgehead atoms. The molecule has 84 valence electrons. The first-order valence-electron chi connectivity index (χ1n) is 5.12. The zero-order chi connectivity index (χ0) is 11.8. The van der Waals surface area contributed by atoms with Gasteiger partial charge in [-0.25, -0.2) is 4.98 Å². The van der Waals surface area contributed by atoms with E-state index in [4.69, 9.17) is 11.6 Å². The average Bonchev–Trinajstić information content (AvgIpc) is 2.78. The van der Waals surface area contributed by atoms with Crippen LogP contribution in [0, 0.1) is 0 Å². The summed E-state index contributed by atoms with van der Waals surface area (Å²) in [7, 11) is 0. The molecule has 0 amide bonds. The van der Waals surface area contributed by atoms with Gasteiger partial charge in [0.15, 0.2) is 5.65 Å². The molecule has 3 aromatic rings. The van der Waals surface area contributed by atoms with Crippen molar-refractivity contribution >= 4 is 33.2 Å². The van der Waals surface area contributed by atoms with E-state index in [1.807, 2.05) is 34.9 Å². The van der Waals surface area contributed by atoms with Crippen molar-refractivity contribution in [3.63, 3.8) is 0 Å². The standard InChI is InChI=1S/C13H8BrClN2/c14-12-7-10(8-17-6-5-16-13(12)17)9-1-3-11(15)4-2-9/h1-8H. The normalized spacial score (nSPS) is 10.9. The van der Waals surface area contributed by atoms with Crippen LogP contribution in [0.1, 0.15) is 0 Å². The first-order valence-corrected chi connectivity index (χ1v) is 6.29. The van der Waals surface area contributed by atoms with Gasteiger partial charge in [-0.2, -0.15) is 0 Å². The van der Waals surface area contributed by atoms with Gasteiger partial charge in [0.1, 0.15) is 0 Å². The number of pyridine rings is 1. The van der Waals surface area contributed by atoms with E-state index in [-0.39, 0.29) is 0 Å². The minimum absolute atomic E-state index is 0.747. The number of hydrogen-bond donors (Lipinski definition) is 0. The molecule has 3 rings (SSSR count). The topological polar surface area (TPSA) is 17.3 Å². The van der Waals surface area contributed by atoms with Gasteiger partial charge in [-0.05, 0) is 45.3 Å². The first kappa shape index (κ1) is 10.8. The van der Waals surface area contributed by atoms with Crippen LogP contribution < -0.4 is 0 Å². The maximum absolute atomic E-state index is 5.88. The number of aromatic nitrogens is 2. The lowest BCUT2D eigenvalue weighted by molar-refractivity contribution is 1.18. The summed E-state index contributed by atoms with van der Waals surface area (Å²) in [5.74, 6) is 0. The summed E-state index contributed by atoms with van der Waals surface area (Å²) in [5.41, 5.74) is 3.17. The summed E-state index contributed by atoms with van der Waals surface area (Å²) in [4.78, 5) is 4.26. The van der Waals surface area contributed by atoms with Gasteiger partial charge in [0.2, 0.25) is 0 Å². The van der Waals surface area contributed by atoms with Crippen molar-refractivity contribution in [1.82, 2.24) is 9.38 Å². The highest BCUT2D eigenvalue weighted by molar-refractivity contribution is 9.10. The molecule has 1 aromatic carbocycles. The van der Waals surface area contributed by atoms with Crippen molar-refractivity contribution in [2.24, 2.45) is 0 Å². The van der Waals surface area contributed by atoms with Crippen LogP contribution in [0.25, 0.3) is 16.8 Å². The van der Waals surface area contributed by atoms with Gasteiger partial charge in [0.25, 0.3) is 0 Å². The van der Waals surface area contributed by atoms with Crippen molar-refractivity contribution < 1.29 is 0 Å². The van der Waals surface area contributed by atoms with Gasteiger partial charge < -0.3 is 4.40 Å². The fraction of sp³-hybridized carbons (Fsp3) is 0. The van der Waals surface area contributed by atoms with E-state index in [0.29, 0.717) is 0 Å². The highest BCUT2D eigenvalue weighted by atomic mass is 79.9. The van der Waals surface area contributed by atoms with Crippen LogP contribution in [0.5, 0.6) is 0 Å². The number of imidazole rings is 1. The summed E-state index contributed by atoms with van der Waals surface area (Å²) >= 11 is 9.41. The van der Waals surface area contributed by atoms with Crippen molar-refractivity contribution in [3.8, 4) is 11.1 Å². The van der Waals surface area contributed by atoms with E-state index in [0.717, 1.165) is 26.3 Å². The highest BCUT2D eigenvalue weighted by Crippen LogP contribution is 2.26. The van der Waals surface area contributed by atoms with Crippen LogP contribution in [0.4, 0.5) is 0 Å². The first-order chi connectivity index (χ1) is 8.24. The lowest BCUT2D eigenvalue weighted by Gasteiger charge is -2.05. The Morgan fingerprint density at radius 1 is 1.12 bits per heavy atom. The second-order valence-corrected chi connectivity index (χ2v) is 5.03. The average molecular weight is 308 g/mol. The quantitative estimate of drug-likeness (QED) is 0.650. The third kappa shape index (κ3) is 1.96. The Morgan fingerprint density at radius 3 is 2.65 bits per heavy atom. The maximum Gasteiger partial charge on any atom is 0.151 e. The molecule has 2 heterocycles. The van der Waals surface area contributed by atoms with Crippen molar-refractivity contribution in [2.45, 2.75) is 0 Å². The Balaban J connectivity index is 2.20. The van der Waals surface area contributed by atoms with Crippen LogP contribution >= 0.6 is 27.5 Å². The number of rotatable bonds is 1. The third-order valence-electron chi connectivity index (χ3n) is 2.62. The summed E-state index contributed by atoms with van der Waals surface area (Å²) in [5, 5.41) is 0.747. The van der Waals surface area contributed by atoms with Gasteiger partial charge in [-0.15, -0.1) is 0 Å². The summed E-state index contributed by atoms with van der Waals surface area (Å²) in [6, 6.07) is 9.86. The number of nitrogens with zero attached hydrogens (tertiary/aromatic N) is 2. The number of hydrogen-bond acceptors (Lipinski definition) is 1. The second kappa shape index (κ2) is 4.17. The highest BCUT2D eigenvalue weighted by Gasteiger charge is 2.04. The zero-order valence-corrected chi connectivity index (χ0v) is 11.1. The predicted molar refractivity (Wildman–Crippen MR) is 73.3 cm³/mol. The van der Waals surface area contributed by atoms with Crippen LogP contribution in [0.3, 0.4) is 0 Å². The molecule has 0 saturated carbocycles. The molecular formula is C13H8BrClN2. The molecule has 0 spiro atoms. The number of fused-ring (bicyclic) bond motifs is 1. The maximum atomic E-state index is 5.88. The molecule has 0 atom stereocenters. The van der Waals surface area contributed by atoms with E-state index in [9.17, 15) is 0 Å². The molecule has 17 heavy (non-hydrogen) atoms. The number of benzene rings is 1. The van der Waals surface area contributed by atoms with Gasteiger partial charge in [0, 0.05) is 23.6 Å². The molecule has 0 aliphatic rings. The van der Waals surface area contributed by atoms with E-state index in [1.54, 1.807) is 6.20 Å². The van der Waals surface area contributed by atoms with Gasteiger partial charge in [-0.3, -0.25) is 0 Å². The Hall–Kier alpha value is -1.32. The predicted octanol–water partition coefficient (Wildman–Crippen LogP) is 4.42. The van der Waals surface area contributed by atoms with E-state index in [2.05, 4.69) is 33.2 Å².